The van der Waals surface area contributed by atoms with Crippen LogP contribution in [0.1, 0.15) is 11.3 Å². The van der Waals surface area contributed by atoms with Crippen molar-refractivity contribution in [1.82, 2.24) is 9.88 Å². The zero-order valence-corrected chi connectivity index (χ0v) is 19.2. The van der Waals surface area contributed by atoms with Crippen molar-refractivity contribution in [1.29, 1.82) is 0 Å². The number of carboxylic acid groups (broad SMARTS) is 1. The minimum absolute atomic E-state index is 0.130. The number of fused-ring (bicyclic) bond motifs is 2. The molecule has 0 bridgehead atoms. The summed E-state index contributed by atoms with van der Waals surface area (Å²) >= 11 is 0. The number of rotatable bonds is 6. The maximum Gasteiger partial charge on any atom is 0.323 e. The molecule has 2 aliphatic heterocycles. The SMILES string of the molecule is Cc1ccc2c(N3CCN(CCc4cccc5c4OCC(=O)N5CC(=O)O)CC3)cccc2n1. The van der Waals surface area contributed by atoms with Crippen molar-refractivity contribution in [2.75, 3.05) is 55.7 Å². The summed E-state index contributed by atoms with van der Waals surface area (Å²) in [4.78, 5) is 34.2. The molecule has 3 aromatic rings. The number of hydrogen-bond acceptors (Lipinski definition) is 6. The van der Waals surface area contributed by atoms with Gasteiger partial charge >= 0.3 is 5.97 Å². The Hall–Kier alpha value is -3.65. The molecule has 0 radical (unpaired) electrons. The van der Waals surface area contributed by atoms with Gasteiger partial charge in [0.15, 0.2) is 6.61 Å². The normalized spacial score (nSPS) is 16.4. The van der Waals surface area contributed by atoms with Crippen LogP contribution < -0.4 is 14.5 Å². The molecule has 1 saturated heterocycles. The zero-order chi connectivity index (χ0) is 23.7. The van der Waals surface area contributed by atoms with E-state index in [1.165, 1.54) is 16.0 Å². The van der Waals surface area contributed by atoms with Gasteiger partial charge in [-0.05, 0) is 49.2 Å². The van der Waals surface area contributed by atoms with E-state index in [4.69, 9.17) is 4.74 Å². The van der Waals surface area contributed by atoms with E-state index < -0.39 is 5.97 Å². The van der Waals surface area contributed by atoms with Crippen molar-refractivity contribution >= 4 is 34.2 Å². The van der Waals surface area contributed by atoms with Gasteiger partial charge in [0.05, 0.1) is 11.2 Å². The van der Waals surface area contributed by atoms with Crippen LogP contribution >= 0.6 is 0 Å². The summed E-state index contributed by atoms with van der Waals surface area (Å²) in [5.41, 5.74) is 4.83. The highest BCUT2D eigenvalue weighted by Crippen LogP contribution is 2.35. The number of ether oxygens (including phenoxy) is 1. The maximum atomic E-state index is 12.2. The Morgan fingerprint density at radius 2 is 1.79 bits per heavy atom. The van der Waals surface area contributed by atoms with Gasteiger partial charge in [0, 0.05) is 49.5 Å². The fourth-order valence-electron chi connectivity index (χ4n) is 4.81. The first-order valence-electron chi connectivity index (χ1n) is 11.6. The van der Waals surface area contributed by atoms with Gasteiger partial charge in [0.1, 0.15) is 12.3 Å². The average molecular weight is 461 g/mol. The van der Waals surface area contributed by atoms with Crippen LogP contribution in [0.15, 0.2) is 48.5 Å². The topological polar surface area (TPSA) is 86.2 Å². The van der Waals surface area contributed by atoms with Crippen molar-refractivity contribution in [2.24, 2.45) is 0 Å². The number of aryl methyl sites for hydroxylation is 1. The third kappa shape index (κ3) is 4.41. The molecular weight excluding hydrogens is 432 g/mol. The molecule has 1 aromatic heterocycles. The molecule has 0 atom stereocenters. The average Bonchev–Trinajstić information content (AvgIpc) is 2.84. The Balaban J connectivity index is 1.24. The molecule has 8 heteroatoms. The first kappa shape index (κ1) is 22.2. The van der Waals surface area contributed by atoms with E-state index in [-0.39, 0.29) is 19.1 Å². The number of para-hydroxylation sites is 1. The second-order valence-corrected chi connectivity index (χ2v) is 8.80. The van der Waals surface area contributed by atoms with Crippen LogP contribution in [0.4, 0.5) is 11.4 Å². The molecule has 0 spiro atoms. The molecule has 0 unspecified atom stereocenters. The van der Waals surface area contributed by atoms with Gasteiger partial charge in [-0.1, -0.05) is 18.2 Å². The number of amides is 1. The Labute approximate surface area is 198 Å². The third-order valence-electron chi connectivity index (χ3n) is 6.56. The molecule has 34 heavy (non-hydrogen) atoms. The maximum absolute atomic E-state index is 12.2. The number of pyridine rings is 1. The van der Waals surface area contributed by atoms with Crippen LogP contribution in [0.3, 0.4) is 0 Å². The van der Waals surface area contributed by atoms with Crippen molar-refractivity contribution < 1.29 is 19.4 Å². The second kappa shape index (κ2) is 9.30. The predicted octanol–water partition coefficient (Wildman–Crippen LogP) is 2.72. The minimum atomic E-state index is -1.04. The number of aliphatic carboxylic acids is 1. The number of aromatic nitrogens is 1. The van der Waals surface area contributed by atoms with E-state index in [0.717, 1.165) is 55.9 Å². The number of carbonyl (C=O) groups excluding carboxylic acids is 1. The first-order valence-corrected chi connectivity index (χ1v) is 11.6. The van der Waals surface area contributed by atoms with Gasteiger partial charge in [-0.25, -0.2) is 0 Å². The molecule has 0 aliphatic carbocycles. The monoisotopic (exact) mass is 460 g/mol. The number of carboxylic acids is 1. The highest BCUT2D eigenvalue weighted by molar-refractivity contribution is 6.01. The number of anilines is 2. The van der Waals surface area contributed by atoms with E-state index in [0.29, 0.717) is 11.4 Å². The summed E-state index contributed by atoms with van der Waals surface area (Å²) in [5.74, 6) is -0.746. The predicted molar refractivity (Wildman–Crippen MR) is 131 cm³/mol. The number of carbonyl (C=O) groups is 2. The van der Waals surface area contributed by atoms with Gasteiger partial charge < -0.3 is 14.7 Å². The van der Waals surface area contributed by atoms with E-state index in [2.05, 4.69) is 45.1 Å². The Kier molecular flexibility index (Phi) is 6.06. The van der Waals surface area contributed by atoms with Crippen LogP contribution in [0, 0.1) is 6.92 Å². The van der Waals surface area contributed by atoms with Crippen molar-refractivity contribution in [3.8, 4) is 5.75 Å². The van der Waals surface area contributed by atoms with E-state index >= 15 is 0 Å². The molecule has 1 amide bonds. The Morgan fingerprint density at radius 3 is 2.59 bits per heavy atom. The molecular formula is C26H28N4O4. The Morgan fingerprint density at radius 1 is 1.03 bits per heavy atom. The van der Waals surface area contributed by atoms with Crippen molar-refractivity contribution in [3.63, 3.8) is 0 Å². The standard InChI is InChI=1S/C26H28N4O4/c1-18-8-9-20-21(27-18)5-3-6-22(20)29-14-12-28(13-15-29)11-10-19-4-2-7-23-26(19)34-17-24(31)30(23)16-25(32)33/h2-9H,10-17H2,1H3,(H,32,33). The molecule has 2 aromatic carbocycles. The van der Waals surface area contributed by atoms with Gasteiger partial charge in [-0.2, -0.15) is 0 Å². The fourth-order valence-corrected chi connectivity index (χ4v) is 4.81. The van der Waals surface area contributed by atoms with Gasteiger partial charge in [-0.15, -0.1) is 0 Å². The molecule has 2 aliphatic rings. The van der Waals surface area contributed by atoms with Gasteiger partial charge in [0.2, 0.25) is 0 Å². The Bertz CT molecular complexity index is 1240. The van der Waals surface area contributed by atoms with Crippen molar-refractivity contribution in [2.45, 2.75) is 13.3 Å². The van der Waals surface area contributed by atoms with Crippen LogP contribution in [-0.4, -0.2) is 72.7 Å². The zero-order valence-electron chi connectivity index (χ0n) is 19.2. The second-order valence-electron chi connectivity index (χ2n) is 8.80. The van der Waals surface area contributed by atoms with E-state index in [1.807, 2.05) is 19.1 Å². The van der Waals surface area contributed by atoms with Crippen LogP contribution in [0.25, 0.3) is 10.9 Å². The molecule has 176 valence electrons. The summed E-state index contributed by atoms with van der Waals surface area (Å²) < 4.78 is 5.73. The fraction of sp³-hybridized carbons (Fsp3) is 0.346. The lowest BCUT2D eigenvalue weighted by Crippen LogP contribution is -2.47. The smallest absolute Gasteiger partial charge is 0.323 e. The lowest BCUT2D eigenvalue weighted by Gasteiger charge is -2.37. The molecule has 5 rings (SSSR count). The van der Waals surface area contributed by atoms with Gasteiger partial charge in [-0.3, -0.25) is 24.4 Å². The highest BCUT2D eigenvalue weighted by Gasteiger charge is 2.29. The van der Waals surface area contributed by atoms with Crippen molar-refractivity contribution in [3.05, 3.63) is 59.8 Å². The highest BCUT2D eigenvalue weighted by atomic mass is 16.5. The quantitative estimate of drug-likeness (QED) is 0.605. The number of nitrogens with zero attached hydrogens (tertiary/aromatic N) is 4. The number of benzene rings is 2. The summed E-state index contributed by atoms with van der Waals surface area (Å²) in [6, 6.07) is 16.1. The molecule has 1 fully saturated rings. The molecule has 8 nitrogen and oxygen atoms in total. The van der Waals surface area contributed by atoms with E-state index in [1.54, 1.807) is 6.07 Å². The summed E-state index contributed by atoms with van der Waals surface area (Å²) in [7, 11) is 0. The largest absolute Gasteiger partial charge is 0.481 e. The van der Waals surface area contributed by atoms with E-state index in [9.17, 15) is 14.7 Å². The minimum Gasteiger partial charge on any atom is -0.481 e. The van der Waals surface area contributed by atoms with Gasteiger partial charge in [0.25, 0.3) is 5.91 Å². The number of piperazine rings is 1. The van der Waals surface area contributed by atoms with Crippen LogP contribution in [0.5, 0.6) is 5.75 Å². The summed E-state index contributed by atoms with van der Waals surface area (Å²) in [6.07, 6.45) is 0.774. The third-order valence-corrected chi connectivity index (χ3v) is 6.56. The number of hydrogen-bond donors (Lipinski definition) is 1. The van der Waals surface area contributed by atoms with Crippen LogP contribution in [-0.2, 0) is 16.0 Å². The molecule has 1 N–H and O–H groups in total. The molecule has 0 saturated carbocycles. The lowest BCUT2D eigenvalue weighted by molar-refractivity contribution is -0.137. The van der Waals surface area contributed by atoms with Crippen LogP contribution in [0.2, 0.25) is 0 Å². The molecule has 3 heterocycles. The summed E-state index contributed by atoms with van der Waals surface area (Å²) in [5, 5.41) is 10.4. The first-order chi connectivity index (χ1) is 16.5. The lowest BCUT2D eigenvalue weighted by atomic mass is 10.1. The summed E-state index contributed by atoms with van der Waals surface area (Å²) in [6.45, 7) is 6.19.